The van der Waals surface area contributed by atoms with Crippen LogP contribution in [0.3, 0.4) is 0 Å². The van der Waals surface area contributed by atoms with Crippen LogP contribution in [-0.4, -0.2) is 52.2 Å². The Labute approximate surface area is 177 Å². The number of aliphatic carboxylic acids is 1. The number of carboxylic acid groups (broad SMARTS) is 1. The number of aliphatic hydroxyl groups excluding tert-OH is 2. The van der Waals surface area contributed by atoms with Gasteiger partial charge in [-0.15, -0.1) is 0 Å². The maximum atomic E-state index is 11.9. The number of hydrogen-bond acceptors (Lipinski definition) is 6. The lowest BCUT2D eigenvalue weighted by atomic mass is 9.73. The largest absolute Gasteiger partial charge is 0.482 e. The van der Waals surface area contributed by atoms with Gasteiger partial charge in [-0.25, -0.2) is 9.59 Å². The van der Waals surface area contributed by atoms with Gasteiger partial charge in [0.05, 0.1) is 12.2 Å². The van der Waals surface area contributed by atoms with Crippen molar-refractivity contribution < 1.29 is 34.4 Å². The topological polar surface area (TPSA) is 113 Å². The normalized spacial score (nSPS) is 26.9. The monoisotopic (exact) mass is 420 g/mol. The summed E-state index contributed by atoms with van der Waals surface area (Å²) in [7, 11) is 0. The number of esters is 1. The average molecular weight is 421 g/mol. The van der Waals surface area contributed by atoms with E-state index in [1.54, 1.807) is 0 Å². The minimum atomic E-state index is -1.21. The number of aliphatic hydroxyl groups is 2. The minimum absolute atomic E-state index is 0.196. The lowest BCUT2D eigenvalue weighted by Gasteiger charge is -2.32. The van der Waals surface area contributed by atoms with Crippen molar-refractivity contribution in [2.45, 2.75) is 70.7 Å². The molecule has 3 rings (SSSR count). The highest BCUT2D eigenvalue weighted by Crippen LogP contribution is 2.48. The van der Waals surface area contributed by atoms with Crippen LogP contribution in [0.2, 0.25) is 0 Å². The Morgan fingerprint density at radius 1 is 1.27 bits per heavy atom. The van der Waals surface area contributed by atoms with Crippen molar-refractivity contribution in [3.8, 4) is 5.75 Å². The molecule has 7 heteroatoms. The van der Waals surface area contributed by atoms with Gasteiger partial charge in [-0.1, -0.05) is 19.1 Å². The van der Waals surface area contributed by atoms with Crippen molar-refractivity contribution in [3.63, 3.8) is 0 Å². The van der Waals surface area contributed by atoms with Gasteiger partial charge in [0.15, 0.2) is 12.7 Å². The average Bonchev–Trinajstić information content (AvgIpc) is 3.02. The molecule has 0 radical (unpaired) electrons. The fourth-order valence-electron chi connectivity index (χ4n) is 4.95. The molecule has 166 valence electrons. The zero-order chi connectivity index (χ0) is 21.8. The number of fused-ring (bicyclic) bond motifs is 2. The van der Waals surface area contributed by atoms with Crippen molar-refractivity contribution in [2.24, 2.45) is 17.8 Å². The van der Waals surface area contributed by atoms with Gasteiger partial charge in [0, 0.05) is 0 Å². The highest BCUT2D eigenvalue weighted by Gasteiger charge is 2.44. The van der Waals surface area contributed by atoms with E-state index >= 15 is 0 Å². The van der Waals surface area contributed by atoms with Crippen LogP contribution in [0.25, 0.3) is 0 Å². The molecule has 1 fully saturated rings. The predicted octanol–water partition coefficient (Wildman–Crippen LogP) is 2.34. The smallest absolute Gasteiger partial charge is 0.345 e. The molecule has 6 atom stereocenters. The molecule has 0 aromatic heterocycles. The fraction of sp³-hybridized carbons (Fsp3) is 0.652. The van der Waals surface area contributed by atoms with Gasteiger partial charge in [-0.05, 0) is 80.4 Å². The molecule has 0 unspecified atom stereocenters. The fourth-order valence-corrected chi connectivity index (χ4v) is 4.95. The summed E-state index contributed by atoms with van der Waals surface area (Å²) in [5, 5.41) is 29.4. The molecular weight excluding hydrogens is 388 g/mol. The molecule has 2 aliphatic rings. The second kappa shape index (κ2) is 9.79. The molecule has 0 amide bonds. The van der Waals surface area contributed by atoms with Crippen LogP contribution < -0.4 is 4.74 Å². The van der Waals surface area contributed by atoms with Gasteiger partial charge < -0.3 is 24.8 Å². The van der Waals surface area contributed by atoms with Crippen molar-refractivity contribution in [1.82, 2.24) is 0 Å². The number of benzene rings is 1. The van der Waals surface area contributed by atoms with E-state index in [0.29, 0.717) is 24.0 Å². The summed E-state index contributed by atoms with van der Waals surface area (Å²) in [6.45, 7) is 2.92. The lowest BCUT2D eigenvalue weighted by Crippen LogP contribution is -2.29. The SMILES string of the molecule is CC[C@H](O)CC[C@@H]1[C@H]2Cc3cccc(OCC(=O)O[C@H](C)C(=O)O)c3C[C@H]2C[C@H]1O. The molecule has 0 bridgehead atoms. The molecule has 3 N–H and O–H groups in total. The molecule has 0 spiro atoms. The Bertz CT molecular complexity index is 762. The third-order valence-electron chi connectivity index (χ3n) is 6.65. The first-order chi connectivity index (χ1) is 14.3. The van der Waals surface area contributed by atoms with Gasteiger partial charge in [0.25, 0.3) is 0 Å². The van der Waals surface area contributed by atoms with Gasteiger partial charge in [0.1, 0.15) is 5.75 Å². The van der Waals surface area contributed by atoms with Crippen LogP contribution >= 0.6 is 0 Å². The summed E-state index contributed by atoms with van der Waals surface area (Å²) < 4.78 is 10.5. The molecule has 1 aromatic rings. The zero-order valence-electron chi connectivity index (χ0n) is 17.6. The molecule has 2 aliphatic carbocycles. The van der Waals surface area contributed by atoms with Crippen molar-refractivity contribution in [3.05, 3.63) is 29.3 Å². The molecule has 1 aromatic carbocycles. The van der Waals surface area contributed by atoms with Gasteiger partial charge >= 0.3 is 11.9 Å². The second-order valence-corrected chi connectivity index (χ2v) is 8.59. The standard InChI is InChI=1S/C23H32O7/c1-3-16(24)7-8-17-18-9-14-5-4-6-21(19(14)10-15(18)11-20(17)25)29-12-22(26)30-13(2)23(27)28/h4-6,13,15-18,20,24-25H,3,7-12H2,1-2H3,(H,27,28)/t13-,15+,16+,17-,18+,20-/m1/s1. The maximum absolute atomic E-state index is 11.9. The molecule has 0 heterocycles. The van der Waals surface area contributed by atoms with Gasteiger partial charge in [0.2, 0.25) is 0 Å². The molecule has 7 nitrogen and oxygen atoms in total. The van der Waals surface area contributed by atoms with E-state index in [2.05, 4.69) is 6.07 Å². The highest BCUT2D eigenvalue weighted by molar-refractivity contribution is 5.78. The minimum Gasteiger partial charge on any atom is -0.482 e. The van der Waals surface area contributed by atoms with Gasteiger partial charge in [-0.3, -0.25) is 0 Å². The van der Waals surface area contributed by atoms with E-state index in [-0.39, 0.29) is 24.7 Å². The van der Waals surface area contributed by atoms with E-state index in [1.165, 1.54) is 6.92 Å². The zero-order valence-corrected chi connectivity index (χ0v) is 17.6. The Morgan fingerprint density at radius 3 is 2.73 bits per heavy atom. The third-order valence-corrected chi connectivity index (χ3v) is 6.65. The number of hydrogen-bond donors (Lipinski definition) is 3. The first kappa shape index (κ1) is 22.6. The molecule has 0 saturated heterocycles. The summed E-state index contributed by atoms with van der Waals surface area (Å²) in [4.78, 5) is 22.7. The van der Waals surface area contributed by atoms with E-state index in [0.717, 1.165) is 43.2 Å². The third kappa shape index (κ3) is 5.13. The highest BCUT2D eigenvalue weighted by atomic mass is 16.6. The number of rotatable bonds is 9. The second-order valence-electron chi connectivity index (χ2n) is 8.59. The Hall–Kier alpha value is -2.12. The van der Waals surface area contributed by atoms with Crippen molar-refractivity contribution >= 4 is 11.9 Å². The Kier molecular flexibility index (Phi) is 7.36. The van der Waals surface area contributed by atoms with E-state index in [4.69, 9.17) is 14.6 Å². The van der Waals surface area contributed by atoms with E-state index in [9.17, 15) is 19.8 Å². The summed E-state index contributed by atoms with van der Waals surface area (Å²) >= 11 is 0. The van der Waals surface area contributed by atoms with Crippen LogP contribution in [0.4, 0.5) is 0 Å². The van der Waals surface area contributed by atoms with Crippen LogP contribution in [0.5, 0.6) is 5.75 Å². The Balaban J connectivity index is 1.65. The van der Waals surface area contributed by atoms with Crippen molar-refractivity contribution in [1.29, 1.82) is 0 Å². The number of carbonyl (C=O) groups is 2. The maximum Gasteiger partial charge on any atom is 0.345 e. The van der Waals surface area contributed by atoms with Crippen LogP contribution in [0, 0.1) is 17.8 Å². The molecule has 0 aliphatic heterocycles. The summed E-state index contributed by atoms with van der Waals surface area (Å²) in [6, 6.07) is 5.76. The predicted molar refractivity (Wildman–Crippen MR) is 109 cm³/mol. The molecular formula is C23H32O7. The van der Waals surface area contributed by atoms with Gasteiger partial charge in [-0.2, -0.15) is 0 Å². The van der Waals surface area contributed by atoms with Crippen molar-refractivity contribution in [2.75, 3.05) is 6.61 Å². The van der Waals surface area contributed by atoms with Crippen LogP contribution in [-0.2, 0) is 27.2 Å². The number of carbonyl (C=O) groups excluding carboxylic acids is 1. The quantitative estimate of drug-likeness (QED) is 0.526. The van der Waals surface area contributed by atoms with Crippen LogP contribution in [0.15, 0.2) is 18.2 Å². The van der Waals surface area contributed by atoms with Crippen LogP contribution in [0.1, 0.15) is 50.7 Å². The Morgan fingerprint density at radius 2 is 2.03 bits per heavy atom. The summed E-state index contributed by atoms with van der Waals surface area (Å²) in [5.74, 6) is -0.380. The number of carboxylic acids is 1. The van der Waals surface area contributed by atoms with E-state index < -0.39 is 18.0 Å². The molecule has 1 saturated carbocycles. The summed E-state index contributed by atoms with van der Waals surface area (Å²) in [5.41, 5.74) is 2.22. The first-order valence-electron chi connectivity index (χ1n) is 10.8. The summed E-state index contributed by atoms with van der Waals surface area (Å²) in [6.07, 6.45) is 2.77. The lowest BCUT2D eigenvalue weighted by molar-refractivity contribution is -0.163. The first-order valence-corrected chi connectivity index (χ1v) is 10.8. The number of ether oxygens (including phenoxy) is 2. The molecule has 30 heavy (non-hydrogen) atoms. The van der Waals surface area contributed by atoms with E-state index in [1.807, 2.05) is 19.1 Å².